The zero-order valence-corrected chi connectivity index (χ0v) is 7.33. The Morgan fingerprint density at radius 2 is 1.79 bits per heavy atom. The minimum atomic E-state index is -3.00. The van der Waals surface area contributed by atoms with Gasteiger partial charge in [-0.05, 0) is 25.7 Å². The second-order valence-electron chi connectivity index (χ2n) is 4.07. The molecule has 1 nitrogen and oxygen atoms in total. The van der Waals surface area contributed by atoms with Crippen LogP contribution in [0.3, 0.4) is 0 Å². The Bertz CT molecular complexity index is 284. The highest BCUT2D eigenvalue weighted by molar-refractivity contribution is 5.69. The molecular weight excluding hydrogens is 200 g/mol. The van der Waals surface area contributed by atoms with Crippen molar-refractivity contribution < 1.29 is 22.4 Å². The highest BCUT2D eigenvalue weighted by Gasteiger charge is 2.77. The number of alkyl halides is 4. The fourth-order valence-corrected chi connectivity index (χ4v) is 2.19. The lowest BCUT2D eigenvalue weighted by molar-refractivity contribution is -0.230. The van der Waals surface area contributed by atoms with Crippen molar-refractivity contribution in [2.75, 3.05) is 0 Å². The van der Waals surface area contributed by atoms with Crippen LogP contribution in [0.4, 0.5) is 17.6 Å². The van der Waals surface area contributed by atoms with Gasteiger partial charge in [-0.1, -0.05) is 0 Å². The van der Waals surface area contributed by atoms with Crippen LogP contribution in [0.5, 0.6) is 0 Å². The topological polar surface area (TPSA) is 17.1 Å². The largest absolute Gasteiger partial charge is 0.287 e. The molecule has 2 aliphatic rings. The summed E-state index contributed by atoms with van der Waals surface area (Å²) < 4.78 is 53.6. The number of hydrogen-bond donors (Lipinski definition) is 0. The fourth-order valence-electron chi connectivity index (χ4n) is 2.19. The van der Waals surface area contributed by atoms with Gasteiger partial charge in [-0.15, -0.1) is 0 Å². The summed E-state index contributed by atoms with van der Waals surface area (Å²) in [4.78, 5) is 10.2. The summed E-state index contributed by atoms with van der Waals surface area (Å²) in [5.41, 5.74) is -8.77. The van der Waals surface area contributed by atoms with Gasteiger partial charge in [-0.25, -0.2) is 17.6 Å². The summed E-state index contributed by atoms with van der Waals surface area (Å²) in [7, 11) is 0. The highest BCUT2D eigenvalue weighted by Crippen LogP contribution is 2.61. The highest BCUT2D eigenvalue weighted by atomic mass is 19.2. The van der Waals surface area contributed by atoms with Crippen molar-refractivity contribution >= 4 is 6.29 Å². The summed E-state index contributed by atoms with van der Waals surface area (Å²) in [5.74, 6) is 0. The van der Waals surface area contributed by atoms with Gasteiger partial charge in [-0.3, -0.25) is 4.79 Å². The smallest absolute Gasteiger partial charge is 0.242 e. The molecule has 0 heterocycles. The molecule has 0 aromatic heterocycles. The molecule has 4 unspecified atom stereocenters. The zero-order chi connectivity index (χ0) is 10.6. The molecular formula is C9H9F4O. The van der Waals surface area contributed by atoms with Crippen LogP contribution in [0.2, 0.25) is 0 Å². The third-order valence-corrected chi connectivity index (χ3v) is 3.52. The first-order valence-corrected chi connectivity index (χ1v) is 4.50. The molecule has 5 heteroatoms. The average Bonchev–Trinajstić information content (AvgIpc) is 2.21. The lowest BCUT2D eigenvalue weighted by Crippen LogP contribution is -2.74. The molecule has 0 spiro atoms. The van der Waals surface area contributed by atoms with E-state index in [9.17, 15) is 22.4 Å². The van der Waals surface area contributed by atoms with Gasteiger partial charge < -0.3 is 0 Å². The molecule has 0 aromatic rings. The summed E-state index contributed by atoms with van der Waals surface area (Å²) in [5, 5.41) is 0. The molecule has 4 atom stereocenters. The van der Waals surface area contributed by atoms with E-state index in [4.69, 9.17) is 0 Å². The van der Waals surface area contributed by atoms with Gasteiger partial charge in [0.05, 0.1) is 0 Å². The molecule has 2 saturated carbocycles. The molecule has 0 bridgehead atoms. The summed E-state index contributed by atoms with van der Waals surface area (Å²) in [6.45, 7) is 0. The van der Waals surface area contributed by atoms with Crippen LogP contribution in [0, 0.1) is 0 Å². The molecule has 79 valence electrons. The van der Waals surface area contributed by atoms with Crippen LogP contribution < -0.4 is 0 Å². The molecule has 0 N–H and O–H groups in total. The maximum Gasteiger partial charge on any atom is 0.242 e. The van der Waals surface area contributed by atoms with E-state index in [1.165, 1.54) is 0 Å². The molecule has 1 radical (unpaired) electrons. The lowest BCUT2D eigenvalue weighted by atomic mass is 9.54. The molecule has 14 heavy (non-hydrogen) atoms. The predicted octanol–water partition coefficient (Wildman–Crippen LogP) is 2.15. The van der Waals surface area contributed by atoms with E-state index in [1.807, 2.05) is 0 Å². The Balaban J connectivity index is 2.29. The zero-order valence-electron chi connectivity index (χ0n) is 7.33. The van der Waals surface area contributed by atoms with Crippen LogP contribution in [0.15, 0.2) is 0 Å². The quantitative estimate of drug-likeness (QED) is 0.637. The SMILES string of the molecule is O=[C]C1(F)CCC1(F)C1(F)CCC1F. The summed E-state index contributed by atoms with van der Waals surface area (Å²) in [6.07, 6.45) is -2.48. The third kappa shape index (κ3) is 0.792. The Labute approximate surface area is 78.5 Å². The van der Waals surface area contributed by atoms with E-state index < -0.39 is 36.0 Å². The van der Waals surface area contributed by atoms with Crippen molar-refractivity contribution in [2.24, 2.45) is 0 Å². The van der Waals surface area contributed by atoms with E-state index in [2.05, 4.69) is 0 Å². The molecule has 0 aromatic carbocycles. The van der Waals surface area contributed by atoms with Crippen molar-refractivity contribution in [1.29, 1.82) is 0 Å². The van der Waals surface area contributed by atoms with Crippen LogP contribution in [0.25, 0.3) is 0 Å². The Kier molecular flexibility index (Phi) is 1.77. The van der Waals surface area contributed by atoms with Crippen LogP contribution >= 0.6 is 0 Å². The number of carbonyl (C=O) groups excluding carboxylic acids is 1. The van der Waals surface area contributed by atoms with Gasteiger partial charge in [0.15, 0.2) is 11.3 Å². The molecule has 2 aliphatic carbocycles. The molecule has 0 aliphatic heterocycles. The normalized spacial score (nSPS) is 57.3. The van der Waals surface area contributed by atoms with Crippen LogP contribution in [-0.4, -0.2) is 29.5 Å². The fraction of sp³-hybridized carbons (Fsp3) is 0.889. The Hall–Kier alpha value is -0.610. The maximum absolute atomic E-state index is 13.8. The van der Waals surface area contributed by atoms with Crippen LogP contribution in [0.1, 0.15) is 25.7 Å². The standard InChI is InChI=1S/C9H9F4O/c10-6-1-2-8(6,12)9(13)4-3-7(9,11)5-14/h6H,1-4H2. The third-order valence-electron chi connectivity index (χ3n) is 3.52. The Morgan fingerprint density at radius 3 is 2.00 bits per heavy atom. The van der Waals surface area contributed by atoms with Crippen molar-refractivity contribution in [2.45, 2.75) is 48.9 Å². The van der Waals surface area contributed by atoms with Gasteiger partial charge in [0.25, 0.3) is 0 Å². The van der Waals surface area contributed by atoms with Gasteiger partial charge in [0.2, 0.25) is 12.0 Å². The molecule has 2 rings (SSSR count). The van der Waals surface area contributed by atoms with Crippen molar-refractivity contribution in [3.8, 4) is 0 Å². The average molecular weight is 209 g/mol. The van der Waals surface area contributed by atoms with Crippen LogP contribution in [-0.2, 0) is 4.79 Å². The second kappa shape index (κ2) is 2.49. The van der Waals surface area contributed by atoms with Gasteiger partial charge in [-0.2, -0.15) is 0 Å². The van der Waals surface area contributed by atoms with E-state index in [-0.39, 0.29) is 12.8 Å². The maximum atomic E-state index is 13.8. The monoisotopic (exact) mass is 209 g/mol. The van der Waals surface area contributed by atoms with Crippen molar-refractivity contribution in [3.05, 3.63) is 0 Å². The first-order chi connectivity index (χ1) is 6.40. The number of hydrogen-bond acceptors (Lipinski definition) is 1. The van der Waals surface area contributed by atoms with Gasteiger partial charge in [0, 0.05) is 0 Å². The van der Waals surface area contributed by atoms with Crippen molar-refractivity contribution in [1.82, 2.24) is 0 Å². The molecule has 2 fully saturated rings. The summed E-state index contributed by atoms with van der Waals surface area (Å²) in [6, 6.07) is 0. The van der Waals surface area contributed by atoms with E-state index >= 15 is 0 Å². The van der Waals surface area contributed by atoms with Gasteiger partial charge >= 0.3 is 0 Å². The van der Waals surface area contributed by atoms with E-state index in [0.717, 1.165) is 6.29 Å². The Morgan fingerprint density at radius 1 is 1.14 bits per heavy atom. The lowest BCUT2D eigenvalue weighted by Gasteiger charge is -2.56. The van der Waals surface area contributed by atoms with E-state index in [1.54, 1.807) is 0 Å². The van der Waals surface area contributed by atoms with Crippen molar-refractivity contribution in [3.63, 3.8) is 0 Å². The van der Waals surface area contributed by atoms with Gasteiger partial charge in [0.1, 0.15) is 6.17 Å². The molecule has 0 saturated heterocycles. The minimum Gasteiger partial charge on any atom is -0.287 e. The molecule has 0 amide bonds. The minimum absolute atomic E-state index is 0.114. The van der Waals surface area contributed by atoms with E-state index in [0.29, 0.717) is 0 Å². The second-order valence-corrected chi connectivity index (χ2v) is 4.07. The summed E-state index contributed by atoms with van der Waals surface area (Å²) >= 11 is 0. The number of halogens is 4. The first-order valence-electron chi connectivity index (χ1n) is 4.50. The predicted molar refractivity (Wildman–Crippen MR) is 40.6 cm³/mol. The first kappa shape index (κ1) is 9.93. The number of rotatable bonds is 2.